The second-order valence-corrected chi connectivity index (χ2v) is 6.31. The molecular weight excluding hydrogens is 248 g/mol. The molecule has 2 heteroatoms. The molecule has 1 atom stereocenters. The van der Waals surface area contributed by atoms with Gasteiger partial charge in [0, 0.05) is 12.0 Å². The summed E-state index contributed by atoms with van der Waals surface area (Å²) in [5.74, 6) is 2.28. The molecule has 1 aromatic rings. The van der Waals surface area contributed by atoms with Crippen molar-refractivity contribution in [3.05, 3.63) is 28.8 Å². The largest absolute Gasteiger partial charge is 0.493 e. The Kier molecular flexibility index (Phi) is 4.85. The van der Waals surface area contributed by atoms with Gasteiger partial charge in [0.1, 0.15) is 5.75 Å². The highest BCUT2D eigenvalue weighted by Crippen LogP contribution is 2.34. The van der Waals surface area contributed by atoms with Crippen molar-refractivity contribution in [3.63, 3.8) is 0 Å². The van der Waals surface area contributed by atoms with Crippen LogP contribution in [0.1, 0.15) is 61.5 Å². The Labute approximate surface area is 122 Å². The molecule has 0 aliphatic heterocycles. The van der Waals surface area contributed by atoms with Crippen LogP contribution in [0.15, 0.2) is 12.1 Å². The maximum Gasteiger partial charge on any atom is 0.163 e. The van der Waals surface area contributed by atoms with Crippen molar-refractivity contribution >= 4 is 5.78 Å². The molecule has 0 heterocycles. The third-order valence-electron chi connectivity index (χ3n) is 4.33. The zero-order valence-corrected chi connectivity index (χ0v) is 13.2. The Balaban J connectivity index is 2.24. The summed E-state index contributed by atoms with van der Waals surface area (Å²) in [6.45, 7) is 9.36. The van der Waals surface area contributed by atoms with Crippen LogP contribution >= 0.6 is 0 Å². The molecule has 0 amide bonds. The molecule has 0 spiro atoms. The normalized spacial score (nSPS) is 18.2. The Morgan fingerprint density at radius 2 is 2.05 bits per heavy atom. The van der Waals surface area contributed by atoms with Gasteiger partial charge in [-0.1, -0.05) is 27.2 Å². The summed E-state index contributed by atoms with van der Waals surface area (Å²) in [7, 11) is 0. The van der Waals surface area contributed by atoms with E-state index < -0.39 is 0 Å². The van der Waals surface area contributed by atoms with Crippen LogP contribution in [0.5, 0.6) is 5.75 Å². The van der Waals surface area contributed by atoms with Gasteiger partial charge in [0.2, 0.25) is 0 Å². The molecule has 0 aromatic heterocycles. The van der Waals surface area contributed by atoms with E-state index in [-0.39, 0.29) is 0 Å². The Hall–Kier alpha value is -1.31. The number of carbonyl (C=O) groups excluding carboxylic acids is 1. The zero-order valence-electron chi connectivity index (χ0n) is 13.2. The number of rotatable bonds is 5. The van der Waals surface area contributed by atoms with Crippen molar-refractivity contribution in [2.75, 3.05) is 6.61 Å². The van der Waals surface area contributed by atoms with Gasteiger partial charge in [-0.2, -0.15) is 0 Å². The average molecular weight is 274 g/mol. The number of Topliss-reactive ketones (excluding diaryl/α,β-unsaturated/α-hetero) is 1. The Bertz CT molecular complexity index is 488. The van der Waals surface area contributed by atoms with Gasteiger partial charge in [-0.15, -0.1) is 0 Å². The van der Waals surface area contributed by atoms with Gasteiger partial charge in [0.15, 0.2) is 5.78 Å². The first-order valence-electron chi connectivity index (χ1n) is 7.82. The van der Waals surface area contributed by atoms with E-state index in [0.717, 1.165) is 42.7 Å². The van der Waals surface area contributed by atoms with Gasteiger partial charge in [-0.05, 0) is 54.9 Å². The zero-order chi connectivity index (χ0) is 14.7. The second kappa shape index (κ2) is 6.43. The van der Waals surface area contributed by atoms with E-state index in [0.29, 0.717) is 24.0 Å². The molecule has 1 aliphatic carbocycles. The number of ketones is 1. The van der Waals surface area contributed by atoms with Crippen LogP contribution in [-0.2, 0) is 6.42 Å². The second-order valence-electron chi connectivity index (χ2n) is 6.31. The van der Waals surface area contributed by atoms with E-state index in [2.05, 4.69) is 26.8 Å². The molecule has 1 aromatic carbocycles. The van der Waals surface area contributed by atoms with Crippen LogP contribution in [0.3, 0.4) is 0 Å². The SMILES string of the molecule is CCCCOc1cc2c(cc1C)C(=O)CC(C(C)C)C2. The molecule has 0 saturated carbocycles. The third-order valence-corrected chi connectivity index (χ3v) is 4.33. The molecule has 110 valence electrons. The number of ether oxygens (including phenoxy) is 1. The smallest absolute Gasteiger partial charge is 0.163 e. The third kappa shape index (κ3) is 3.23. The quantitative estimate of drug-likeness (QED) is 0.735. The topological polar surface area (TPSA) is 26.3 Å². The summed E-state index contributed by atoms with van der Waals surface area (Å²) >= 11 is 0. The number of carbonyl (C=O) groups is 1. The summed E-state index contributed by atoms with van der Waals surface area (Å²) in [6, 6.07) is 4.13. The lowest BCUT2D eigenvalue weighted by Crippen LogP contribution is -2.24. The molecule has 0 radical (unpaired) electrons. The molecule has 2 rings (SSSR count). The minimum Gasteiger partial charge on any atom is -0.493 e. The van der Waals surface area contributed by atoms with Crippen LogP contribution in [0.4, 0.5) is 0 Å². The number of hydrogen-bond acceptors (Lipinski definition) is 2. The van der Waals surface area contributed by atoms with Crippen LogP contribution < -0.4 is 4.74 Å². The summed E-state index contributed by atoms with van der Waals surface area (Å²) < 4.78 is 5.86. The van der Waals surface area contributed by atoms with Crippen LogP contribution in [0.2, 0.25) is 0 Å². The predicted octanol–water partition coefficient (Wildman–Crippen LogP) is 4.58. The minimum absolute atomic E-state index is 0.299. The van der Waals surface area contributed by atoms with E-state index in [1.807, 2.05) is 13.0 Å². The molecule has 0 N–H and O–H groups in total. The lowest BCUT2D eigenvalue weighted by atomic mass is 9.77. The standard InChI is InChI=1S/C18H26O2/c1-5-6-7-20-18-11-15-9-14(12(2)3)10-17(19)16(15)8-13(18)4/h8,11-12,14H,5-7,9-10H2,1-4H3. The first-order valence-corrected chi connectivity index (χ1v) is 7.82. The van der Waals surface area contributed by atoms with Crippen LogP contribution in [0, 0.1) is 18.8 Å². The number of hydrogen-bond donors (Lipinski definition) is 0. The Morgan fingerprint density at radius 3 is 2.70 bits per heavy atom. The highest BCUT2D eigenvalue weighted by Gasteiger charge is 2.27. The van der Waals surface area contributed by atoms with Crippen molar-refractivity contribution in [2.45, 2.75) is 53.4 Å². The monoisotopic (exact) mass is 274 g/mol. The van der Waals surface area contributed by atoms with Gasteiger partial charge in [-0.3, -0.25) is 4.79 Å². The lowest BCUT2D eigenvalue weighted by Gasteiger charge is -2.27. The molecule has 1 aliphatic rings. The first-order chi connectivity index (χ1) is 9.52. The van der Waals surface area contributed by atoms with Crippen molar-refractivity contribution in [2.24, 2.45) is 11.8 Å². The highest BCUT2D eigenvalue weighted by atomic mass is 16.5. The predicted molar refractivity (Wildman–Crippen MR) is 82.6 cm³/mol. The first kappa shape index (κ1) is 15.1. The number of aryl methyl sites for hydroxylation is 1. The van der Waals surface area contributed by atoms with Gasteiger partial charge in [0.25, 0.3) is 0 Å². The lowest BCUT2D eigenvalue weighted by molar-refractivity contribution is 0.0933. The number of unbranched alkanes of at least 4 members (excludes halogenated alkanes) is 1. The van der Waals surface area contributed by atoms with E-state index >= 15 is 0 Å². The summed E-state index contributed by atoms with van der Waals surface area (Å²) in [5, 5.41) is 0. The summed E-state index contributed by atoms with van der Waals surface area (Å²) in [6.07, 6.45) is 3.91. The van der Waals surface area contributed by atoms with Crippen LogP contribution in [0.25, 0.3) is 0 Å². The number of benzene rings is 1. The van der Waals surface area contributed by atoms with Crippen LogP contribution in [-0.4, -0.2) is 12.4 Å². The van der Waals surface area contributed by atoms with Gasteiger partial charge in [0.05, 0.1) is 6.61 Å². The van der Waals surface area contributed by atoms with Crippen molar-refractivity contribution in [1.29, 1.82) is 0 Å². The molecule has 2 nitrogen and oxygen atoms in total. The van der Waals surface area contributed by atoms with E-state index in [9.17, 15) is 4.79 Å². The molecular formula is C18H26O2. The minimum atomic E-state index is 0.299. The van der Waals surface area contributed by atoms with Crippen molar-refractivity contribution < 1.29 is 9.53 Å². The highest BCUT2D eigenvalue weighted by molar-refractivity contribution is 5.99. The van der Waals surface area contributed by atoms with Gasteiger partial charge < -0.3 is 4.74 Å². The van der Waals surface area contributed by atoms with Crippen molar-refractivity contribution in [1.82, 2.24) is 0 Å². The van der Waals surface area contributed by atoms with E-state index in [1.165, 1.54) is 5.56 Å². The van der Waals surface area contributed by atoms with E-state index in [1.54, 1.807) is 0 Å². The average Bonchev–Trinajstić information content (AvgIpc) is 2.40. The fourth-order valence-corrected chi connectivity index (χ4v) is 2.81. The molecule has 0 saturated heterocycles. The summed E-state index contributed by atoms with van der Waals surface area (Å²) in [4.78, 5) is 12.3. The fourth-order valence-electron chi connectivity index (χ4n) is 2.81. The maximum atomic E-state index is 12.3. The molecule has 0 bridgehead atoms. The molecule has 20 heavy (non-hydrogen) atoms. The Morgan fingerprint density at radius 1 is 1.30 bits per heavy atom. The summed E-state index contributed by atoms with van der Waals surface area (Å²) in [5.41, 5.74) is 3.18. The molecule has 0 fully saturated rings. The van der Waals surface area contributed by atoms with Gasteiger partial charge in [-0.25, -0.2) is 0 Å². The maximum absolute atomic E-state index is 12.3. The van der Waals surface area contributed by atoms with E-state index in [4.69, 9.17) is 4.74 Å². The number of fused-ring (bicyclic) bond motifs is 1. The fraction of sp³-hybridized carbons (Fsp3) is 0.611. The molecule has 1 unspecified atom stereocenters. The van der Waals surface area contributed by atoms with Crippen molar-refractivity contribution in [3.8, 4) is 5.75 Å². The van der Waals surface area contributed by atoms with Gasteiger partial charge >= 0.3 is 0 Å².